The van der Waals surface area contributed by atoms with Crippen LogP contribution in [-0.2, 0) is 17.8 Å². The molecule has 0 aromatic carbocycles. The van der Waals surface area contributed by atoms with Crippen molar-refractivity contribution in [3.8, 4) is 0 Å². The zero-order valence-electron chi connectivity index (χ0n) is 8.25. The minimum absolute atomic E-state index is 0.198. The fourth-order valence-electron chi connectivity index (χ4n) is 1.72. The first-order chi connectivity index (χ1) is 6.81. The number of rotatable bonds is 2. The number of carbonyl (C=O) groups excluding carboxylic acids is 1. The highest BCUT2D eigenvalue weighted by Crippen LogP contribution is 2.23. The number of likely N-dealkylation sites (N-methyl/N-ethyl adjacent to an activating group) is 1. The molecule has 0 spiro atoms. The topological polar surface area (TPSA) is 32.3 Å². The SMILES string of the molecule is CNCC(=O)N1CCc2sccc2C1. The van der Waals surface area contributed by atoms with Crippen LogP contribution in [-0.4, -0.2) is 30.9 Å². The van der Waals surface area contributed by atoms with Gasteiger partial charge in [-0.25, -0.2) is 0 Å². The predicted molar refractivity (Wildman–Crippen MR) is 57.4 cm³/mol. The molecule has 1 amide bonds. The molecule has 1 N–H and O–H groups in total. The molecule has 1 aliphatic rings. The second kappa shape index (κ2) is 4.11. The van der Waals surface area contributed by atoms with Crippen LogP contribution in [0.1, 0.15) is 10.4 Å². The highest BCUT2D eigenvalue weighted by molar-refractivity contribution is 7.10. The molecule has 0 saturated carbocycles. The molecule has 1 aromatic heterocycles. The molecule has 0 unspecified atom stereocenters. The lowest BCUT2D eigenvalue weighted by atomic mass is 10.1. The van der Waals surface area contributed by atoms with Crippen molar-refractivity contribution in [1.82, 2.24) is 10.2 Å². The van der Waals surface area contributed by atoms with Gasteiger partial charge in [-0.15, -0.1) is 11.3 Å². The molecule has 0 radical (unpaired) electrons. The monoisotopic (exact) mass is 210 g/mol. The lowest BCUT2D eigenvalue weighted by Gasteiger charge is -2.26. The minimum atomic E-state index is 0.198. The predicted octanol–water partition coefficient (Wildman–Crippen LogP) is 0.852. The number of hydrogen-bond acceptors (Lipinski definition) is 3. The van der Waals surface area contributed by atoms with Gasteiger partial charge in [0.1, 0.15) is 0 Å². The highest BCUT2D eigenvalue weighted by Gasteiger charge is 2.20. The van der Waals surface area contributed by atoms with Crippen LogP contribution in [0.4, 0.5) is 0 Å². The van der Waals surface area contributed by atoms with E-state index >= 15 is 0 Å². The lowest BCUT2D eigenvalue weighted by molar-refractivity contribution is -0.131. The van der Waals surface area contributed by atoms with Crippen molar-refractivity contribution in [3.05, 3.63) is 21.9 Å². The Morgan fingerprint density at radius 3 is 3.36 bits per heavy atom. The number of nitrogens with zero attached hydrogens (tertiary/aromatic N) is 1. The first kappa shape index (κ1) is 9.68. The third-order valence-corrected chi connectivity index (χ3v) is 3.51. The largest absolute Gasteiger partial charge is 0.337 e. The van der Waals surface area contributed by atoms with E-state index in [2.05, 4.69) is 16.8 Å². The van der Waals surface area contributed by atoms with Crippen molar-refractivity contribution in [3.63, 3.8) is 0 Å². The zero-order valence-corrected chi connectivity index (χ0v) is 9.06. The molecule has 4 heteroatoms. The average Bonchev–Trinajstić information content (AvgIpc) is 2.64. The Balaban J connectivity index is 2.04. The summed E-state index contributed by atoms with van der Waals surface area (Å²) >= 11 is 1.80. The number of hydrogen-bond donors (Lipinski definition) is 1. The van der Waals surface area contributed by atoms with Gasteiger partial charge in [-0.05, 0) is 30.5 Å². The van der Waals surface area contributed by atoms with E-state index < -0.39 is 0 Å². The summed E-state index contributed by atoms with van der Waals surface area (Å²) in [7, 11) is 1.80. The molecule has 0 fully saturated rings. The van der Waals surface area contributed by atoms with Gasteiger partial charge < -0.3 is 10.2 Å². The maximum Gasteiger partial charge on any atom is 0.236 e. The molecule has 0 bridgehead atoms. The highest BCUT2D eigenvalue weighted by atomic mass is 32.1. The fraction of sp³-hybridized carbons (Fsp3) is 0.500. The number of thiophene rings is 1. The van der Waals surface area contributed by atoms with E-state index in [4.69, 9.17) is 0 Å². The van der Waals surface area contributed by atoms with Crippen LogP contribution in [0, 0.1) is 0 Å². The van der Waals surface area contributed by atoms with Crippen molar-refractivity contribution in [2.24, 2.45) is 0 Å². The van der Waals surface area contributed by atoms with Crippen LogP contribution < -0.4 is 5.32 Å². The van der Waals surface area contributed by atoms with E-state index in [0.717, 1.165) is 19.5 Å². The summed E-state index contributed by atoms with van der Waals surface area (Å²) in [6.45, 7) is 2.10. The van der Waals surface area contributed by atoms with Gasteiger partial charge in [0, 0.05) is 18.0 Å². The molecule has 1 aromatic rings. The third-order valence-electron chi connectivity index (χ3n) is 2.49. The molecule has 0 atom stereocenters. The van der Waals surface area contributed by atoms with Crippen molar-refractivity contribution < 1.29 is 4.79 Å². The summed E-state index contributed by atoms with van der Waals surface area (Å²) in [5, 5.41) is 5.00. The van der Waals surface area contributed by atoms with E-state index in [1.807, 2.05) is 4.90 Å². The number of amides is 1. The summed E-state index contributed by atoms with van der Waals surface area (Å²) < 4.78 is 0. The van der Waals surface area contributed by atoms with Crippen molar-refractivity contribution >= 4 is 17.2 Å². The molecular weight excluding hydrogens is 196 g/mol. The Bertz CT molecular complexity index is 335. The van der Waals surface area contributed by atoms with Gasteiger partial charge in [0.05, 0.1) is 6.54 Å². The fourth-order valence-corrected chi connectivity index (χ4v) is 2.61. The first-order valence-corrected chi connectivity index (χ1v) is 5.67. The van der Waals surface area contributed by atoms with Crippen LogP contribution in [0.5, 0.6) is 0 Å². The van der Waals surface area contributed by atoms with Gasteiger partial charge in [-0.3, -0.25) is 4.79 Å². The summed E-state index contributed by atoms with van der Waals surface area (Å²) in [6, 6.07) is 2.12. The van der Waals surface area contributed by atoms with E-state index in [1.165, 1.54) is 10.4 Å². The quantitative estimate of drug-likeness (QED) is 0.785. The van der Waals surface area contributed by atoms with E-state index in [-0.39, 0.29) is 5.91 Å². The summed E-state index contributed by atoms with van der Waals surface area (Å²) in [5.74, 6) is 0.198. The Labute approximate surface area is 87.7 Å². The van der Waals surface area contributed by atoms with Gasteiger partial charge >= 0.3 is 0 Å². The normalized spacial score (nSPS) is 15.4. The van der Waals surface area contributed by atoms with Gasteiger partial charge in [0.2, 0.25) is 5.91 Å². The van der Waals surface area contributed by atoms with Crippen molar-refractivity contribution in [2.75, 3.05) is 20.1 Å². The van der Waals surface area contributed by atoms with Crippen molar-refractivity contribution in [2.45, 2.75) is 13.0 Å². The van der Waals surface area contributed by atoms with Crippen LogP contribution in [0.15, 0.2) is 11.4 Å². The molecule has 14 heavy (non-hydrogen) atoms. The maximum atomic E-state index is 11.6. The number of nitrogens with one attached hydrogen (secondary N) is 1. The van der Waals surface area contributed by atoms with E-state index in [0.29, 0.717) is 6.54 Å². The smallest absolute Gasteiger partial charge is 0.236 e. The Hall–Kier alpha value is -0.870. The number of fused-ring (bicyclic) bond motifs is 1. The Morgan fingerprint density at radius 2 is 2.57 bits per heavy atom. The molecule has 76 valence electrons. The molecular formula is C10H14N2OS. The molecule has 2 heterocycles. The van der Waals surface area contributed by atoms with Gasteiger partial charge in [-0.1, -0.05) is 0 Å². The summed E-state index contributed by atoms with van der Waals surface area (Å²) in [6.07, 6.45) is 1.02. The van der Waals surface area contributed by atoms with Crippen LogP contribution >= 0.6 is 11.3 Å². The molecule has 0 saturated heterocycles. The van der Waals surface area contributed by atoms with Gasteiger partial charge in [-0.2, -0.15) is 0 Å². The van der Waals surface area contributed by atoms with Crippen LogP contribution in [0.2, 0.25) is 0 Å². The summed E-state index contributed by atoms with van der Waals surface area (Å²) in [4.78, 5) is 15.0. The lowest BCUT2D eigenvalue weighted by Crippen LogP contribution is -2.39. The first-order valence-electron chi connectivity index (χ1n) is 4.79. The number of carbonyl (C=O) groups is 1. The van der Waals surface area contributed by atoms with Crippen LogP contribution in [0.3, 0.4) is 0 Å². The molecule has 0 aliphatic carbocycles. The summed E-state index contributed by atoms with van der Waals surface area (Å²) in [5.41, 5.74) is 1.32. The van der Waals surface area contributed by atoms with Crippen LogP contribution in [0.25, 0.3) is 0 Å². The van der Waals surface area contributed by atoms with E-state index in [9.17, 15) is 4.79 Å². The average molecular weight is 210 g/mol. The molecule has 2 rings (SSSR count). The third kappa shape index (κ3) is 1.81. The zero-order chi connectivity index (χ0) is 9.97. The van der Waals surface area contributed by atoms with Gasteiger partial charge in [0.25, 0.3) is 0 Å². The standard InChI is InChI=1S/C10H14N2OS/c1-11-6-10(13)12-4-2-9-8(7-12)3-5-14-9/h3,5,11H,2,4,6-7H2,1H3. The molecule has 3 nitrogen and oxygen atoms in total. The molecule has 1 aliphatic heterocycles. The van der Waals surface area contributed by atoms with Gasteiger partial charge in [0.15, 0.2) is 0 Å². The second-order valence-electron chi connectivity index (χ2n) is 3.46. The Kier molecular flexibility index (Phi) is 2.84. The second-order valence-corrected chi connectivity index (χ2v) is 4.47. The Morgan fingerprint density at radius 1 is 1.71 bits per heavy atom. The van der Waals surface area contributed by atoms with E-state index in [1.54, 1.807) is 18.4 Å². The maximum absolute atomic E-state index is 11.6. The minimum Gasteiger partial charge on any atom is -0.337 e. The van der Waals surface area contributed by atoms with Crippen molar-refractivity contribution in [1.29, 1.82) is 0 Å².